The molecule has 2 saturated heterocycles. The van der Waals surface area contributed by atoms with E-state index < -0.39 is 12.1 Å². The summed E-state index contributed by atoms with van der Waals surface area (Å²) >= 11 is 0. The van der Waals surface area contributed by atoms with Gasteiger partial charge < -0.3 is 10.1 Å². The first-order valence-electron chi connectivity index (χ1n) is 8.57. The molecule has 0 bridgehead atoms. The van der Waals surface area contributed by atoms with Crippen LogP contribution in [0.2, 0.25) is 0 Å². The van der Waals surface area contributed by atoms with Crippen molar-refractivity contribution in [3.63, 3.8) is 0 Å². The van der Waals surface area contributed by atoms with Crippen LogP contribution < -0.4 is 10.2 Å². The lowest BCUT2D eigenvalue weighted by molar-refractivity contribution is -0.132. The highest BCUT2D eigenvalue weighted by Gasteiger charge is 2.44. The monoisotopic (exact) mass is 345 g/mol. The summed E-state index contributed by atoms with van der Waals surface area (Å²) in [7, 11) is 0. The summed E-state index contributed by atoms with van der Waals surface area (Å²) in [6.45, 7) is 4.48. The molecule has 3 rings (SSSR count). The summed E-state index contributed by atoms with van der Waals surface area (Å²) in [6, 6.07) is 6.29. The van der Waals surface area contributed by atoms with Crippen molar-refractivity contribution < 1.29 is 19.1 Å². The molecule has 2 unspecified atom stereocenters. The van der Waals surface area contributed by atoms with Crippen molar-refractivity contribution >= 4 is 23.5 Å². The van der Waals surface area contributed by atoms with E-state index in [1.165, 1.54) is 4.90 Å². The van der Waals surface area contributed by atoms with E-state index in [1.54, 1.807) is 19.1 Å². The smallest absolute Gasteiger partial charge is 0.332 e. The molecule has 0 aromatic heterocycles. The van der Waals surface area contributed by atoms with Crippen LogP contribution >= 0.6 is 0 Å². The second kappa shape index (κ2) is 7.23. The van der Waals surface area contributed by atoms with Crippen molar-refractivity contribution in [2.45, 2.75) is 38.8 Å². The molecule has 2 heterocycles. The third-order valence-corrected chi connectivity index (χ3v) is 4.61. The van der Waals surface area contributed by atoms with E-state index in [9.17, 15) is 14.4 Å². The molecule has 0 radical (unpaired) electrons. The number of imide groups is 1. The number of urea groups is 1. The number of rotatable bonds is 5. The molecule has 1 aromatic rings. The van der Waals surface area contributed by atoms with Crippen molar-refractivity contribution in [2.75, 3.05) is 24.6 Å². The predicted molar refractivity (Wildman–Crippen MR) is 92.2 cm³/mol. The lowest BCUT2D eigenvalue weighted by Gasteiger charge is -2.19. The topological polar surface area (TPSA) is 79.0 Å². The Morgan fingerprint density at radius 2 is 2.00 bits per heavy atom. The van der Waals surface area contributed by atoms with Gasteiger partial charge in [0.2, 0.25) is 5.91 Å². The summed E-state index contributed by atoms with van der Waals surface area (Å²) in [6.07, 6.45) is 1.93. The molecular weight excluding hydrogens is 322 g/mol. The molecule has 0 aliphatic carbocycles. The third kappa shape index (κ3) is 3.66. The average molecular weight is 345 g/mol. The number of carbonyl (C=O) groups excluding carboxylic acids is 3. The molecule has 1 aromatic carbocycles. The Morgan fingerprint density at radius 3 is 2.64 bits per heavy atom. The second-order valence-electron chi connectivity index (χ2n) is 6.53. The van der Waals surface area contributed by atoms with Gasteiger partial charge in [-0.15, -0.1) is 0 Å². The van der Waals surface area contributed by atoms with Crippen LogP contribution in [-0.2, 0) is 14.3 Å². The summed E-state index contributed by atoms with van der Waals surface area (Å²) < 4.78 is 5.45. The Hall–Kier alpha value is -2.41. The van der Waals surface area contributed by atoms with E-state index in [2.05, 4.69) is 5.32 Å². The standard InChI is InChI=1S/C18H23N3O4/c1-12-5-7-14(8-6-12)21-13(2)17(23)20(18(21)24)11-16(22)19-10-15-4-3-9-25-15/h5-8,13,15H,3-4,9-11H2,1-2H3,(H,19,22). The largest absolute Gasteiger partial charge is 0.376 e. The minimum Gasteiger partial charge on any atom is -0.376 e. The van der Waals surface area contributed by atoms with Crippen LogP contribution in [0.25, 0.3) is 0 Å². The Labute approximate surface area is 146 Å². The number of ether oxygens (including phenoxy) is 1. The van der Waals surface area contributed by atoms with E-state index in [1.807, 2.05) is 19.1 Å². The van der Waals surface area contributed by atoms with Gasteiger partial charge in [0, 0.05) is 18.8 Å². The number of amides is 4. The number of hydrogen-bond acceptors (Lipinski definition) is 4. The van der Waals surface area contributed by atoms with Crippen LogP contribution in [-0.4, -0.2) is 54.6 Å². The molecule has 2 aliphatic rings. The van der Waals surface area contributed by atoms with Crippen molar-refractivity contribution in [3.05, 3.63) is 29.8 Å². The van der Waals surface area contributed by atoms with Gasteiger partial charge in [-0.25, -0.2) is 4.79 Å². The Balaban J connectivity index is 1.63. The number of benzene rings is 1. The van der Waals surface area contributed by atoms with Gasteiger partial charge in [-0.05, 0) is 38.8 Å². The summed E-state index contributed by atoms with van der Waals surface area (Å²) in [5, 5.41) is 2.74. The van der Waals surface area contributed by atoms with Crippen LogP contribution in [0.4, 0.5) is 10.5 Å². The van der Waals surface area contributed by atoms with E-state index in [-0.39, 0.29) is 24.5 Å². The fourth-order valence-electron chi connectivity index (χ4n) is 3.14. The van der Waals surface area contributed by atoms with Gasteiger partial charge >= 0.3 is 6.03 Å². The first-order chi connectivity index (χ1) is 12.0. The van der Waals surface area contributed by atoms with E-state index in [4.69, 9.17) is 4.74 Å². The van der Waals surface area contributed by atoms with Crippen LogP contribution in [0, 0.1) is 6.92 Å². The molecule has 0 saturated carbocycles. The SMILES string of the molecule is Cc1ccc(N2C(=O)N(CC(=O)NCC3CCCO3)C(=O)C2C)cc1. The highest BCUT2D eigenvalue weighted by molar-refractivity contribution is 6.15. The molecule has 7 nitrogen and oxygen atoms in total. The molecule has 7 heteroatoms. The Morgan fingerprint density at radius 1 is 1.28 bits per heavy atom. The predicted octanol–water partition coefficient (Wildman–Crippen LogP) is 1.45. The molecule has 25 heavy (non-hydrogen) atoms. The maximum Gasteiger partial charge on any atom is 0.332 e. The quantitative estimate of drug-likeness (QED) is 0.819. The fraction of sp³-hybridized carbons (Fsp3) is 0.500. The molecule has 2 atom stereocenters. The normalized spacial score (nSPS) is 23.4. The number of nitrogens with zero attached hydrogens (tertiary/aromatic N) is 2. The number of anilines is 1. The van der Waals surface area contributed by atoms with Gasteiger partial charge in [0.1, 0.15) is 12.6 Å². The molecule has 1 N–H and O–H groups in total. The number of carbonyl (C=O) groups is 3. The van der Waals surface area contributed by atoms with Crippen LogP contribution in [0.1, 0.15) is 25.3 Å². The Kier molecular flexibility index (Phi) is 5.03. The van der Waals surface area contributed by atoms with E-state index >= 15 is 0 Å². The summed E-state index contributed by atoms with van der Waals surface area (Å²) in [4.78, 5) is 39.6. The van der Waals surface area contributed by atoms with Gasteiger partial charge in [0.05, 0.1) is 6.10 Å². The Bertz CT molecular complexity index is 667. The zero-order valence-corrected chi connectivity index (χ0v) is 14.5. The lowest BCUT2D eigenvalue weighted by Crippen LogP contribution is -2.43. The van der Waals surface area contributed by atoms with Crippen LogP contribution in [0.5, 0.6) is 0 Å². The molecule has 0 spiro atoms. The van der Waals surface area contributed by atoms with E-state index in [0.717, 1.165) is 23.3 Å². The highest BCUT2D eigenvalue weighted by atomic mass is 16.5. The van der Waals surface area contributed by atoms with Crippen molar-refractivity contribution in [1.29, 1.82) is 0 Å². The van der Waals surface area contributed by atoms with Crippen molar-refractivity contribution in [2.24, 2.45) is 0 Å². The van der Waals surface area contributed by atoms with Crippen LogP contribution in [0.15, 0.2) is 24.3 Å². The fourth-order valence-corrected chi connectivity index (χ4v) is 3.14. The molecule has 134 valence electrons. The average Bonchev–Trinajstić information content (AvgIpc) is 3.18. The number of aryl methyl sites for hydroxylation is 1. The van der Waals surface area contributed by atoms with Gasteiger partial charge in [-0.1, -0.05) is 17.7 Å². The number of hydrogen-bond donors (Lipinski definition) is 1. The molecule has 2 fully saturated rings. The number of nitrogens with one attached hydrogen (secondary N) is 1. The first kappa shape index (κ1) is 17.4. The molecule has 4 amide bonds. The van der Waals surface area contributed by atoms with Gasteiger partial charge in [-0.2, -0.15) is 0 Å². The maximum atomic E-state index is 12.6. The van der Waals surface area contributed by atoms with Crippen molar-refractivity contribution in [3.8, 4) is 0 Å². The highest BCUT2D eigenvalue weighted by Crippen LogP contribution is 2.25. The zero-order chi connectivity index (χ0) is 18.0. The first-order valence-corrected chi connectivity index (χ1v) is 8.57. The minimum absolute atomic E-state index is 0.0249. The second-order valence-corrected chi connectivity index (χ2v) is 6.53. The van der Waals surface area contributed by atoms with Gasteiger partial charge in [0.25, 0.3) is 5.91 Å². The van der Waals surface area contributed by atoms with Gasteiger partial charge in [-0.3, -0.25) is 19.4 Å². The van der Waals surface area contributed by atoms with Crippen LogP contribution in [0.3, 0.4) is 0 Å². The van der Waals surface area contributed by atoms with Gasteiger partial charge in [0.15, 0.2) is 0 Å². The summed E-state index contributed by atoms with van der Waals surface area (Å²) in [5.41, 5.74) is 1.72. The zero-order valence-electron chi connectivity index (χ0n) is 14.5. The van der Waals surface area contributed by atoms with E-state index in [0.29, 0.717) is 18.8 Å². The maximum absolute atomic E-state index is 12.6. The third-order valence-electron chi connectivity index (χ3n) is 4.61. The molecule has 2 aliphatic heterocycles. The van der Waals surface area contributed by atoms with Crippen molar-refractivity contribution in [1.82, 2.24) is 10.2 Å². The summed E-state index contributed by atoms with van der Waals surface area (Å²) in [5.74, 6) is -0.715. The lowest BCUT2D eigenvalue weighted by atomic mass is 10.2. The molecular formula is C18H23N3O4. The minimum atomic E-state index is -0.624.